The van der Waals surface area contributed by atoms with Crippen LogP contribution in [0.1, 0.15) is 32.3 Å². The Hall–Kier alpha value is -1.42. The van der Waals surface area contributed by atoms with Crippen molar-refractivity contribution >= 4 is 0 Å². The number of hydrogen-bond donors (Lipinski definition) is 1. The topological polar surface area (TPSA) is 21.3 Å². The van der Waals surface area contributed by atoms with Gasteiger partial charge in [0, 0.05) is 12.6 Å². The van der Waals surface area contributed by atoms with E-state index in [1.54, 1.807) is 6.08 Å². The van der Waals surface area contributed by atoms with E-state index in [-0.39, 0.29) is 18.4 Å². The summed E-state index contributed by atoms with van der Waals surface area (Å²) in [6, 6.07) is 2.88. The number of halogens is 2. The fourth-order valence-electron chi connectivity index (χ4n) is 1.58. The fraction of sp³-hybridized carbons (Fsp3) is 0.467. The molecule has 4 heteroatoms. The standard InChI is InChI=1S/C15H21F2NO/c1-4-5-6-7-19-15-13(16)8-12(9-14(15)17)10-18-11(2)3/h4,8-9,11,18H,1,5-7,10H2,2-3H3. The summed E-state index contributed by atoms with van der Waals surface area (Å²) in [6.45, 7) is 8.24. The Bertz CT molecular complexity index is 396. The van der Waals surface area contributed by atoms with Gasteiger partial charge in [0.25, 0.3) is 0 Å². The summed E-state index contributed by atoms with van der Waals surface area (Å²) in [4.78, 5) is 0. The minimum atomic E-state index is -0.654. The highest BCUT2D eigenvalue weighted by atomic mass is 19.1. The summed E-state index contributed by atoms with van der Waals surface area (Å²) in [5.41, 5.74) is 0.571. The van der Waals surface area contributed by atoms with Crippen molar-refractivity contribution in [3.8, 4) is 5.75 Å². The Labute approximate surface area is 113 Å². The number of ether oxygens (including phenoxy) is 1. The molecule has 0 spiro atoms. The van der Waals surface area contributed by atoms with Crippen molar-refractivity contribution < 1.29 is 13.5 Å². The molecule has 19 heavy (non-hydrogen) atoms. The molecule has 106 valence electrons. The number of allylic oxidation sites excluding steroid dienone is 1. The average Bonchev–Trinajstić information content (AvgIpc) is 2.34. The van der Waals surface area contributed by atoms with Gasteiger partial charge in [-0.2, -0.15) is 0 Å². The van der Waals surface area contributed by atoms with Crippen molar-refractivity contribution in [3.63, 3.8) is 0 Å². The first kappa shape index (κ1) is 15.6. The van der Waals surface area contributed by atoms with Crippen molar-refractivity contribution in [1.29, 1.82) is 0 Å². The van der Waals surface area contributed by atoms with Crippen molar-refractivity contribution in [2.45, 2.75) is 39.3 Å². The van der Waals surface area contributed by atoms with Crippen LogP contribution in [0.5, 0.6) is 5.75 Å². The molecule has 0 saturated carbocycles. The molecule has 1 N–H and O–H groups in total. The number of hydrogen-bond acceptors (Lipinski definition) is 2. The van der Waals surface area contributed by atoms with Crippen molar-refractivity contribution in [1.82, 2.24) is 5.32 Å². The molecule has 0 fully saturated rings. The number of rotatable bonds is 8. The molecule has 1 rings (SSSR count). The second-order valence-corrected chi connectivity index (χ2v) is 4.70. The smallest absolute Gasteiger partial charge is 0.190 e. The first-order valence-electron chi connectivity index (χ1n) is 6.49. The molecule has 1 aromatic carbocycles. The lowest BCUT2D eigenvalue weighted by molar-refractivity contribution is 0.280. The van der Waals surface area contributed by atoms with Gasteiger partial charge in [-0.25, -0.2) is 8.78 Å². The Balaban J connectivity index is 2.65. The highest BCUT2D eigenvalue weighted by molar-refractivity contribution is 5.31. The molecule has 0 amide bonds. The van der Waals surface area contributed by atoms with Gasteiger partial charge < -0.3 is 10.1 Å². The van der Waals surface area contributed by atoms with Gasteiger partial charge in [0.2, 0.25) is 0 Å². The SMILES string of the molecule is C=CCCCOc1c(F)cc(CNC(C)C)cc1F. The van der Waals surface area contributed by atoms with Crippen molar-refractivity contribution in [3.05, 3.63) is 42.0 Å². The molecule has 0 aliphatic rings. The highest BCUT2D eigenvalue weighted by Gasteiger charge is 2.12. The van der Waals surface area contributed by atoms with Gasteiger partial charge in [-0.05, 0) is 30.5 Å². The molecule has 0 bridgehead atoms. The van der Waals surface area contributed by atoms with E-state index >= 15 is 0 Å². The predicted molar refractivity (Wildman–Crippen MR) is 73.3 cm³/mol. The molecule has 0 aliphatic heterocycles. The average molecular weight is 269 g/mol. The largest absolute Gasteiger partial charge is 0.488 e. The van der Waals surface area contributed by atoms with Crippen LogP contribution < -0.4 is 10.1 Å². The van der Waals surface area contributed by atoms with E-state index in [1.165, 1.54) is 12.1 Å². The maximum Gasteiger partial charge on any atom is 0.190 e. The van der Waals surface area contributed by atoms with Gasteiger partial charge in [-0.15, -0.1) is 6.58 Å². The minimum absolute atomic E-state index is 0.265. The van der Waals surface area contributed by atoms with E-state index in [9.17, 15) is 8.78 Å². The normalized spacial score (nSPS) is 10.8. The third-order valence-corrected chi connectivity index (χ3v) is 2.57. The van der Waals surface area contributed by atoms with Crippen molar-refractivity contribution in [2.24, 2.45) is 0 Å². The first-order valence-corrected chi connectivity index (χ1v) is 6.49. The zero-order valence-corrected chi connectivity index (χ0v) is 11.5. The molecule has 0 aromatic heterocycles. The van der Waals surface area contributed by atoms with E-state index in [0.29, 0.717) is 18.5 Å². The summed E-state index contributed by atoms with van der Waals surface area (Å²) < 4.78 is 32.6. The monoisotopic (exact) mass is 269 g/mol. The van der Waals surface area contributed by atoms with E-state index < -0.39 is 11.6 Å². The van der Waals surface area contributed by atoms with Crippen LogP contribution in [0.3, 0.4) is 0 Å². The quantitative estimate of drug-likeness (QED) is 0.572. The van der Waals surface area contributed by atoms with Crippen LogP contribution in [0.4, 0.5) is 8.78 Å². The van der Waals surface area contributed by atoms with Crippen LogP contribution in [0.25, 0.3) is 0 Å². The van der Waals surface area contributed by atoms with Crippen molar-refractivity contribution in [2.75, 3.05) is 6.61 Å². The van der Waals surface area contributed by atoms with Gasteiger partial charge in [0.05, 0.1) is 6.61 Å². The van der Waals surface area contributed by atoms with E-state index in [2.05, 4.69) is 11.9 Å². The number of unbranched alkanes of at least 4 members (excludes halogenated alkanes) is 1. The second kappa shape index (κ2) is 7.89. The zero-order chi connectivity index (χ0) is 14.3. The molecule has 0 heterocycles. The minimum Gasteiger partial charge on any atom is -0.488 e. The van der Waals surface area contributed by atoms with E-state index in [0.717, 1.165) is 6.42 Å². The number of nitrogens with one attached hydrogen (secondary N) is 1. The third kappa shape index (κ3) is 5.39. The molecule has 0 atom stereocenters. The Kier molecular flexibility index (Phi) is 6.50. The predicted octanol–water partition coefficient (Wildman–Crippen LogP) is 3.81. The van der Waals surface area contributed by atoms with Gasteiger partial charge in [0.1, 0.15) is 0 Å². The first-order chi connectivity index (χ1) is 9.04. The molecular weight excluding hydrogens is 248 g/mol. The summed E-state index contributed by atoms with van der Waals surface area (Å²) in [6.07, 6.45) is 3.20. The third-order valence-electron chi connectivity index (χ3n) is 2.57. The fourth-order valence-corrected chi connectivity index (χ4v) is 1.58. The summed E-state index contributed by atoms with van der Waals surface area (Å²) >= 11 is 0. The highest BCUT2D eigenvalue weighted by Crippen LogP contribution is 2.23. The Morgan fingerprint density at radius 1 is 1.32 bits per heavy atom. The van der Waals surface area contributed by atoms with Crippen LogP contribution >= 0.6 is 0 Å². The van der Waals surface area contributed by atoms with Crippen LogP contribution in [-0.4, -0.2) is 12.6 Å². The lowest BCUT2D eigenvalue weighted by Gasteiger charge is -2.11. The molecule has 0 aliphatic carbocycles. The second-order valence-electron chi connectivity index (χ2n) is 4.70. The van der Waals surface area contributed by atoms with E-state index in [1.807, 2.05) is 13.8 Å². The molecule has 0 unspecified atom stereocenters. The molecule has 0 radical (unpaired) electrons. The van der Waals surface area contributed by atoms with Gasteiger partial charge in [-0.3, -0.25) is 0 Å². The van der Waals surface area contributed by atoms with Gasteiger partial charge in [-0.1, -0.05) is 19.9 Å². The van der Waals surface area contributed by atoms with Gasteiger partial charge >= 0.3 is 0 Å². The Morgan fingerprint density at radius 2 is 1.95 bits per heavy atom. The van der Waals surface area contributed by atoms with Crippen LogP contribution in [0.2, 0.25) is 0 Å². The van der Waals surface area contributed by atoms with Crippen LogP contribution in [0, 0.1) is 11.6 Å². The lowest BCUT2D eigenvalue weighted by Crippen LogP contribution is -2.22. The molecular formula is C15H21F2NO. The molecule has 1 aromatic rings. The zero-order valence-electron chi connectivity index (χ0n) is 11.5. The summed E-state index contributed by atoms with van der Waals surface area (Å²) in [7, 11) is 0. The maximum atomic E-state index is 13.7. The van der Waals surface area contributed by atoms with Crippen LogP contribution in [-0.2, 0) is 6.54 Å². The maximum absolute atomic E-state index is 13.7. The van der Waals surface area contributed by atoms with Crippen LogP contribution in [0.15, 0.2) is 24.8 Å². The summed E-state index contributed by atoms with van der Waals surface area (Å²) in [5.74, 6) is -1.60. The number of benzene rings is 1. The lowest BCUT2D eigenvalue weighted by atomic mass is 10.2. The van der Waals surface area contributed by atoms with Gasteiger partial charge in [0.15, 0.2) is 17.4 Å². The molecule has 2 nitrogen and oxygen atoms in total. The van der Waals surface area contributed by atoms with E-state index in [4.69, 9.17) is 4.74 Å². The molecule has 0 saturated heterocycles. The summed E-state index contributed by atoms with van der Waals surface area (Å²) in [5, 5.41) is 3.11. The Morgan fingerprint density at radius 3 is 2.47 bits per heavy atom.